The van der Waals surface area contributed by atoms with E-state index in [1.165, 1.54) is 19.1 Å². The number of hydrogen-bond donors (Lipinski definition) is 11. The molecule has 0 aliphatic carbocycles. The Morgan fingerprint density at radius 3 is 1.78 bits per heavy atom. The first-order valence-electron chi connectivity index (χ1n) is 26.9. The first-order valence-corrected chi connectivity index (χ1v) is 26.9. The van der Waals surface area contributed by atoms with E-state index in [4.69, 9.17) is 25.7 Å². The van der Waals surface area contributed by atoms with Gasteiger partial charge in [0.25, 0.3) is 0 Å². The number of carboxylic acids is 1. The maximum absolute atomic E-state index is 13.3. The van der Waals surface area contributed by atoms with Crippen molar-refractivity contribution < 1.29 is 88.9 Å². The molecule has 0 radical (unpaired) electrons. The molecular formula is C59H84N2O18. The Morgan fingerprint density at radius 2 is 1.22 bits per heavy atom. The molecule has 438 valence electrons. The van der Waals surface area contributed by atoms with Crippen LogP contribution >= 0.6 is 0 Å². The number of nitrogen functional groups attached to an aromatic ring is 1. The number of ether oxygens (including phenoxy) is 3. The van der Waals surface area contributed by atoms with Gasteiger partial charge in [0.1, 0.15) is 41.9 Å². The van der Waals surface area contributed by atoms with Gasteiger partial charge < -0.3 is 71.6 Å². The van der Waals surface area contributed by atoms with Gasteiger partial charge in [-0.05, 0) is 68.7 Å². The molecule has 0 spiro atoms. The molecule has 0 aromatic heterocycles. The van der Waals surface area contributed by atoms with Crippen LogP contribution in [0.5, 0.6) is 0 Å². The number of cyclic esters (lactones) is 1. The number of benzene rings is 1. The summed E-state index contributed by atoms with van der Waals surface area (Å²) in [7, 11) is 0. The van der Waals surface area contributed by atoms with Gasteiger partial charge in [-0.25, -0.2) is 0 Å². The summed E-state index contributed by atoms with van der Waals surface area (Å²) in [5.74, 6) is -7.43. The van der Waals surface area contributed by atoms with Crippen LogP contribution in [0.25, 0.3) is 0 Å². The number of carboxylic acid groups (broad SMARTS) is 1. The average molecular weight is 1110 g/mol. The minimum absolute atomic E-state index is 0.0615. The fraction of sp³-hybridized carbons (Fsp3) is 0.559. The molecule has 2 aliphatic heterocycles. The number of nitrogens with two attached hydrogens (primary N) is 2. The summed E-state index contributed by atoms with van der Waals surface area (Å²) in [5.41, 5.74) is 12.7. The van der Waals surface area contributed by atoms with E-state index in [1.54, 1.807) is 98.0 Å². The van der Waals surface area contributed by atoms with Gasteiger partial charge in [-0.2, -0.15) is 0 Å². The molecule has 12 unspecified atom stereocenters. The number of hydrogen-bond acceptors (Lipinski definition) is 19. The van der Waals surface area contributed by atoms with Crippen LogP contribution in [0.3, 0.4) is 0 Å². The van der Waals surface area contributed by atoms with E-state index in [2.05, 4.69) is 0 Å². The van der Waals surface area contributed by atoms with Crippen molar-refractivity contribution in [3.8, 4) is 0 Å². The highest BCUT2D eigenvalue weighted by Crippen LogP contribution is 2.29. The molecule has 1 saturated heterocycles. The van der Waals surface area contributed by atoms with Crippen molar-refractivity contribution in [2.45, 2.75) is 184 Å². The average Bonchev–Trinajstić information content (AvgIpc) is 3.36. The van der Waals surface area contributed by atoms with Crippen LogP contribution in [0, 0.1) is 23.7 Å². The lowest BCUT2D eigenvalue weighted by atomic mass is 9.83. The van der Waals surface area contributed by atoms with E-state index in [9.17, 15) is 74.7 Å². The maximum atomic E-state index is 13.3. The molecule has 79 heavy (non-hydrogen) atoms. The molecule has 1 aromatic rings. The summed E-state index contributed by atoms with van der Waals surface area (Å²) in [6.07, 6.45) is 4.21. The fourth-order valence-corrected chi connectivity index (χ4v) is 9.37. The Kier molecular flexibility index (Phi) is 30.1. The van der Waals surface area contributed by atoms with E-state index >= 15 is 0 Å². The maximum Gasteiger partial charge on any atom is 0.313 e. The summed E-state index contributed by atoms with van der Waals surface area (Å²) < 4.78 is 17.5. The second kappa shape index (κ2) is 35.2. The highest BCUT2D eigenvalue weighted by molar-refractivity contribution is 5.97. The van der Waals surface area contributed by atoms with Crippen LogP contribution in [0.15, 0.2) is 109 Å². The first-order chi connectivity index (χ1) is 37.4. The van der Waals surface area contributed by atoms with Gasteiger partial charge in [0.15, 0.2) is 12.1 Å². The predicted molar refractivity (Wildman–Crippen MR) is 293 cm³/mol. The van der Waals surface area contributed by atoms with Crippen LogP contribution in [0.1, 0.15) is 115 Å². The van der Waals surface area contributed by atoms with Gasteiger partial charge in [0, 0.05) is 62.1 Å². The molecule has 20 heteroatoms. The van der Waals surface area contributed by atoms with E-state index in [0.29, 0.717) is 17.7 Å². The number of aliphatic hydroxyl groups excluding tert-OH is 8. The van der Waals surface area contributed by atoms with Crippen molar-refractivity contribution in [2.75, 3.05) is 5.73 Å². The zero-order chi connectivity index (χ0) is 58.8. The number of anilines is 1. The number of rotatable bonds is 10. The Morgan fingerprint density at radius 1 is 0.684 bits per heavy atom. The van der Waals surface area contributed by atoms with E-state index in [0.717, 1.165) is 0 Å². The monoisotopic (exact) mass is 1110 g/mol. The van der Waals surface area contributed by atoms with Crippen LogP contribution < -0.4 is 11.5 Å². The van der Waals surface area contributed by atoms with Gasteiger partial charge in [-0.3, -0.25) is 28.8 Å². The topological polar surface area (TPSA) is 364 Å². The molecule has 2 heterocycles. The Balaban J connectivity index is 1.83. The number of Topliss-reactive ketones (excluding diaryl/α,β-unsaturated/α-hetero) is 4. The fourth-order valence-electron chi connectivity index (χ4n) is 9.37. The molecule has 1 aromatic carbocycles. The standard InChI is InChI=1S/C59H84N2O18/c1-35-18-15-13-11-9-7-5-6-8-10-12-14-16-21-47(78-59-56(74)54(61)55(73)38(4)77-59)33-51(71)53(58(75)76)50(70)31-46(67)30-45(66)29-44(65)28-43(64)27-41(62)19-17-20-42(63)32-52(72)79-57(35)37(3)26-36(2)48(68)34-49(69)39-22-24-40(60)25-23-39/h5-16,18,21-25,35-38,43-45,47-48,50-51,53-57,59,64-66,68,70-71,73-74H,17,19-20,26-34,60-61H2,1-4H3,(H,75,76)/b6-5+,9-7+,10-8+,13-11+,14-12+,18-15+,21-16+/t35?,36?,37?,38-,43?,44?,45?,47?,48?,50?,51?,53?,54+,55-,56+,57?,59+/m1/s1. The lowest BCUT2D eigenvalue weighted by molar-refractivity contribution is -0.277. The minimum Gasteiger partial charge on any atom is -0.481 e. The number of aliphatic carboxylic acids is 1. The van der Waals surface area contributed by atoms with Gasteiger partial charge in [0.05, 0.1) is 61.0 Å². The van der Waals surface area contributed by atoms with Crippen LogP contribution in [-0.2, 0) is 38.2 Å². The lowest BCUT2D eigenvalue weighted by Gasteiger charge is -2.41. The third-order valence-electron chi connectivity index (χ3n) is 13.8. The highest BCUT2D eigenvalue weighted by atomic mass is 16.7. The van der Waals surface area contributed by atoms with Crippen molar-refractivity contribution in [2.24, 2.45) is 29.4 Å². The van der Waals surface area contributed by atoms with Gasteiger partial charge in [0.2, 0.25) is 0 Å². The summed E-state index contributed by atoms with van der Waals surface area (Å²) in [4.78, 5) is 77.3. The Bertz CT molecular complexity index is 2310. The normalized spacial score (nSPS) is 34.7. The smallest absolute Gasteiger partial charge is 0.313 e. The quantitative estimate of drug-likeness (QED) is 0.0690. The summed E-state index contributed by atoms with van der Waals surface area (Å²) in [6.45, 7) is 7.02. The molecule has 3 rings (SSSR count). The molecule has 13 N–H and O–H groups in total. The van der Waals surface area contributed by atoms with Crippen LogP contribution in [0.4, 0.5) is 5.69 Å². The van der Waals surface area contributed by atoms with E-state index < -0.39 is 153 Å². The Labute approximate surface area is 462 Å². The number of carbonyl (C=O) groups is 6. The molecule has 20 nitrogen and oxygen atoms in total. The van der Waals surface area contributed by atoms with E-state index in [-0.39, 0.29) is 55.6 Å². The van der Waals surface area contributed by atoms with E-state index in [1.807, 2.05) is 19.9 Å². The van der Waals surface area contributed by atoms with Gasteiger partial charge >= 0.3 is 11.9 Å². The molecule has 0 bridgehead atoms. The van der Waals surface area contributed by atoms with Crippen molar-refractivity contribution in [3.05, 3.63) is 115 Å². The highest BCUT2D eigenvalue weighted by Gasteiger charge is 2.43. The summed E-state index contributed by atoms with van der Waals surface area (Å²) >= 11 is 0. The van der Waals surface area contributed by atoms with Crippen LogP contribution in [-0.4, -0.2) is 161 Å². The number of carbonyl (C=O) groups excluding carboxylic acids is 5. The SMILES string of the molecule is CC1/C=C/C=C/C=C/C=C/C=C/C=C/C=C/C(O[C@@H]2O[C@H](C)[C@@H](O)[C@H](N)[C@@H]2O)CC(O)C(C(=O)O)C(O)CC(=O)CC(O)CC(O)CC(O)CC(=O)CCCC(=O)CC(=O)OC1C(C)CC(C)C(O)CC(=O)c1ccc(N)cc1. The molecule has 1 fully saturated rings. The second-order valence-electron chi connectivity index (χ2n) is 20.9. The van der Waals surface area contributed by atoms with Gasteiger partial charge in [-0.1, -0.05) is 106 Å². The van der Waals surface area contributed by atoms with Gasteiger partial charge in [-0.15, -0.1) is 0 Å². The summed E-state index contributed by atoms with van der Waals surface area (Å²) in [6, 6.07) is 5.24. The number of ketones is 4. The zero-order valence-corrected chi connectivity index (χ0v) is 45.5. The molecule has 0 amide bonds. The number of esters is 1. The summed E-state index contributed by atoms with van der Waals surface area (Å²) in [5, 5.41) is 96.0. The molecule has 17 atom stereocenters. The largest absolute Gasteiger partial charge is 0.481 e. The van der Waals surface area contributed by atoms with Crippen molar-refractivity contribution >= 4 is 40.8 Å². The third-order valence-corrected chi connectivity index (χ3v) is 13.8. The molecular weight excluding hydrogens is 1020 g/mol. The second-order valence-corrected chi connectivity index (χ2v) is 20.9. The number of aliphatic hydroxyl groups is 8. The molecule has 2 aliphatic rings. The number of allylic oxidation sites excluding steroid dienone is 12. The third kappa shape index (κ3) is 25.2. The Hall–Kier alpha value is -5.62. The first kappa shape index (κ1) is 67.7. The zero-order valence-electron chi connectivity index (χ0n) is 45.5. The lowest BCUT2D eigenvalue weighted by Crippen LogP contribution is -2.61. The molecule has 0 saturated carbocycles. The van der Waals surface area contributed by atoms with Crippen molar-refractivity contribution in [1.82, 2.24) is 0 Å². The minimum atomic E-state index is -1.95. The predicted octanol–water partition coefficient (Wildman–Crippen LogP) is 3.61. The van der Waals surface area contributed by atoms with Crippen molar-refractivity contribution in [1.29, 1.82) is 0 Å². The van der Waals surface area contributed by atoms with Crippen LogP contribution in [0.2, 0.25) is 0 Å². The van der Waals surface area contributed by atoms with Crippen molar-refractivity contribution in [3.63, 3.8) is 0 Å².